The smallest absolute Gasteiger partial charge is 0.258 e. The Kier molecular flexibility index (Phi) is 3.80. The maximum Gasteiger partial charge on any atom is 0.258 e. The first-order valence-electron chi connectivity index (χ1n) is 6.54. The fraction of sp³-hybridized carbons (Fsp3) is 0.267. The first-order chi connectivity index (χ1) is 10.1. The molecule has 1 saturated carbocycles. The molecule has 110 valence electrons. The molecule has 1 aliphatic rings. The topological polar surface area (TPSA) is 33.5 Å². The van der Waals surface area contributed by atoms with Crippen molar-refractivity contribution >= 4 is 21.8 Å². The van der Waals surface area contributed by atoms with E-state index in [9.17, 15) is 13.6 Å². The van der Waals surface area contributed by atoms with Crippen LogP contribution in [-0.2, 0) is 6.54 Å². The van der Waals surface area contributed by atoms with E-state index in [1.54, 1.807) is 11.0 Å². The molecule has 0 aliphatic heterocycles. The number of carbonyl (C=O) groups excluding carboxylic acids is 1. The van der Waals surface area contributed by atoms with Crippen LogP contribution in [0.5, 0.6) is 0 Å². The Morgan fingerprint density at radius 1 is 1.33 bits per heavy atom. The molecule has 1 aliphatic carbocycles. The van der Waals surface area contributed by atoms with E-state index in [1.165, 1.54) is 18.4 Å². The number of rotatable bonds is 4. The van der Waals surface area contributed by atoms with Crippen molar-refractivity contribution in [2.75, 3.05) is 0 Å². The summed E-state index contributed by atoms with van der Waals surface area (Å²) in [4.78, 5) is 14.1. The van der Waals surface area contributed by atoms with E-state index < -0.39 is 11.6 Å². The van der Waals surface area contributed by atoms with Gasteiger partial charge in [-0.3, -0.25) is 4.79 Å². The molecule has 1 aromatic heterocycles. The average Bonchev–Trinajstić information content (AvgIpc) is 3.19. The van der Waals surface area contributed by atoms with Gasteiger partial charge in [0.15, 0.2) is 4.67 Å². The van der Waals surface area contributed by atoms with Gasteiger partial charge >= 0.3 is 0 Å². The van der Waals surface area contributed by atoms with Crippen LogP contribution >= 0.6 is 15.9 Å². The molecule has 21 heavy (non-hydrogen) atoms. The molecule has 6 heteroatoms. The Labute approximate surface area is 128 Å². The maximum atomic E-state index is 13.8. The number of furan rings is 1. The van der Waals surface area contributed by atoms with Crippen molar-refractivity contribution in [3.63, 3.8) is 0 Å². The number of halogens is 3. The van der Waals surface area contributed by atoms with Crippen LogP contribution < -0.4 is 0 Å². The molecule has 0 atom stereocenters. The van der Waals surface area contributed by atoms with Crippen molar-refractivity contribution in [3.05, 3.63) is 58.0 Å². The Balaban J connectivity index is 1.85. The molecule has 0 saturated heterocycles. The normalized spacial score (nSPS) is 14.2. The molecule has 1 amide bonds. The quantitative estimate of drug-likeness (QED) is 0.826. The minimum Gasteiger partial charge on any atom is -0.457 e. The summed E-state index contributed by atoms with van der Waals surface area (Å²) in [6, 6.07) is 5.07. The summed E-state index contributed by atoms with van der Waals surface area (Å²) in [6.45, 7) is 0.118. The summed E-state index contributed by atoms with van der Waals surface area (Å²) in [5.41, 5.74) is 0.709. The number of carbonyl (C=O) groups is 1. The van der Waals surface area contributed by atoms with E-state index in [0.29, 0.717) is 15.8 Å². The second-order valence-corrected chi connectivity index (χ2v) is 5.73. The van der Waals surface area contributed by atoms with Crippen LogP contribution in [0.1, 0.15) is 28.8 Å². The molecule has 3 nitrogen and oxygen atoms in total. The Morgan fingerprint density at radius 3 is 2.67 bits per heavy atom. The highest BCUT2D eigenvalue weighted by Crippen LogP contribution is 2.32. The number of hydrogen-bond acceptors (Lipinski definition) is 2. The Morgan fingerprint density at radius 2 is 2.10 bits per heavy atom. The second-order valence-electron chi connectivity index (χ2n) is 5.01. The molecule has 0 bridgehead atoms. The van der Waals surface area contributed by atoms with Crippen molar-refractivity contribution in [1.82, 2.24) is 4.90 Å². The lowest BCUT2D eigenvalue weighted by Crippen LogP contribution is -2.32. The fourth-order valence-electron chi connectivity index (χ4n) is 2.19. The first kappa shape index (κ1) is 14.3. The largest absolute Gasteiger partial charge is 0.457 e. The van der Waals surface area contributed by atoms with E-state index >= 15 is 0 Å². The van der Waals surface area contributed by atoms with Gasteiger partial charge in [-0.2, -0.15) is 0 Å². The van der Waals surface area contributed by atoms with Gasteiger partial charge < -0.3 is 9.32 Å². The molecular formula is C15H12BrF2NO2. The van der Waals surface area contributed by atoms with Crippen LogP contribution in [0.15, 0.2) is 39.6 Å². The lowest BCUT2D eigenvalue weighted by molar-refractivity contribution is 0.0726. The van der Waals surface area contributed by atoms with Gasteiger partial charge in [0.05, 0.1) is 11.8 Å². The predicted octanol–water partition coefficient (Wildman–Crippen LogP) is 4.13. The van der Waals surface area contributed by atoms with Gasteiger partial charge in [0.2, 0.25) is 0 Å². The number of nitrogens with zero attached hydrogens (tertiary/aromatic N) is 1. The third-order valence-electron chi connectivity index (χ3n) is 3.45. The van der Waals surface area contributed by atoms with E-state index in [-0.39, 0.29) is 18.5 Å². The van der Waals surface area contributed by atoms with Gasteiger partial charge in [0.1, 0.15) is 11.6 Å². The van der Waals surface area contributed by atoms with Crippen molar-refractivity contribution in [3.8, 4) is 0 Å². The van der Waals surface area contributed by atoms with Crippen molar-refractivity contribution in [2.45, 2.75) is 25.4 Å². The zero-order valence-electron chi connectivity index (χ0n) is 11.0. The summed E-state index contributed by atoms with van der Waals surface area (Å²) in [6.07, 6.45) is 3.20. The lowest BCUT2D eigenvalue weighted by atomic mass is 10.1. The SMILES string of the molecule is O=C(c1ccoc1Br)N(Cc1ccc(F)cc1F)C1CC1. The van der Waals surface area contributed by atoms with E-state index in [1.807, 2.05) is 0 Å². The first-order valence-corrected chi connectivity index (χ1v) is 7.33. The van der Waals surface area contributed by atoms with Crippen molar-refractivity contribution in [1.29, 1.82) is 0 Å². The molecule has 1 fully saturated rings. The van der Waals surface area contributed by atoms with Crippen molar-refractivity contribution in [2.24, 2.45) is 0 Å². The minimum absolute atomic E-state index is 0.101. The predicted molar refractivity (Wildman–Crippen MR) is 75.7 cm³/mol. The van der Waals surface area contributed by atoms with Crippen LogP contribution in [0.4, 0.5) is 8.78 Å². The zero-order chi connectivity index (χ0) is 15.0. The van der Waals surface area contributed by atoms with Gasteiger partial charge in [0.25, 0.3) is 5.91 Å². The molecule has 0 spiro atoms. The summed E-state index contributed by atoms with van der Waals surface area (Å²) >= 11 is 3.18. The van der Waals surface area contributed by atoms with Gasteiger partial charge in [-0.1, -0.05) is 6.07 Å². The molecule has 0 radical (unpaired) electrons. The third kappa shape index (κ3) is 3.00. The van der Waals surface area contributed by atoms with E-state index in [2.05, 4.69) is 15.9 Å². The molecule has 1 aromatic carbocycles. The van der Waals surface area contributed by atoms with Crippen LogP contribution in [0.25, 0.3) is 0 Å². The van der Waals surface area contributed by atoms with Gasteiger partial charge in [0, 0.05) is 24.2 Å². The molecule has 2 aromatic rings. The molecule has 3 rings (SSSR count). The van der Waals surface area contributed by atoms with Gasteiger partial charge in [-0.25, -0.2) is 8.78 Å². The average molecular weight is 356 g/mol. The highest BCUT2D eigenvalue weighted by atomic mass is 79.9. The van der Waals surface area contributed by atoms with Crippen LogP contribution in [0.3, 0.4) is 0 Å². The molecule has 1 heterocycles. The van der Waals surface area contributed by atoms with E-state index in [0.717, 1.165) is 18.9 Å². The summed E-state index contributed by atoms with van der Waals surface area (Å²) in [5.74, 6) is -1.49. The Hall–Kier alpha value is -1.69. The van der Waals surface area contributed by atoms with Gasteiger partial charge in [-0.15, -0.1) is 0 Å². The summed E-state index contributed by atoms with van der Waals surface area (Å²) in [7, 11) is 0. The number of hydrogen-bond donors (Lipinski definition) is 0. The summed E-state index contributed by atoms with van der Waals surface area (Å²) < 4.78 is 32.2. The second kappa shape index (κ2) is 5.60. The fourth-order valence-corrected chi connectivity index (χ4v) is 2.60. The zero-order valence-corrected chi connectivity index (χ0v) is 12.6. The molecular weight excluding hydrogens is 344 g/mol. The standard InChI is InChI=1S/C15H12BrF2NO2/c16-14-12(5-6-21-14)15(20)19(11-3-4-11)8-9-1-2-10(17)7-13(9)18/h1-2,5-7,11H,3-4,8H2. The van der Waals surface area contributed by atoms with Gasteiger partial charge in [-0.05, 0) is 40.9 Å². The monoisotopic (exact) mass is 355 g/mol. The van der Waals surface area contributed by atoms with E-state index in [4.69, 9.17) is 4.42 Å². The van der Waals surface area contributed by atoms with Crippen LogP contribution in [-0.4, -0.2) is 16.8 Å². The van der Waals surface area contributed by atoms with Crippen molar-refractivity contribution < 1.29 is 18.0 Å². The Bertz CT molecular complexity index is 682. The number of amides is 1. The van der Waals surface area contributed by atoms with Crippen LogP contribution in [0.2, 0.25) is 0 Å². The minimum atomic E-state index is -0.639. The molecule has 0 unspecified atom stereocenters. The summed E-state index contributed by atoms with van der Waals surface area (Å²) in [5, 5.41) is 0. The third-order valence-corrected chi connectivity index (χ3v) is 4.07. The molecule has 0 N–H and O–H groups in total. The van der Waals surface area contributed by atoms with Crippen LogP contribution in [0, 0.1) is 11.6 Å². The highest BCUT2D eigenvalue weighted by molar-refractivity contribution is 9.10. The highest BCUT2D eigenvalue weighted by Gasteiger charge is 2.34. The maximum absolute atomic E-state index is 13.8. The lowest BCUT2D eigenvalue weighted by Gasteiger charge is -2.22. The number of benzene rings is 1.